The molecular weight excluding hydrogens is 202 g/mol. The number of hydrogen-bond donors (Lipinski definition) is 1. The van der Waals surface area contributed by atoms with Crippen molar-refractivity contribution in [1.82, 2.24) is 15.1 Å². The van der Waals surface area contributed by atoms with Crippen LogP contribution in [0.25, 0.3) is 0 Å². The van der Waals surface area contributed by atoms with E-state index in [4.69, 9.17) is 16.3 Å². The highest BCUT2D eigenvalue weighted by atomic mass is 35.5. The van der Waals surface area contributed by atoms with Gasteiger partial charge in [-0.2, -0.15) is 5.10 Å². The molecule has 1 N–H and O–H groups in total. The van der Waals surface area contributed by atoms with Crippen LogP contribution in [0.3, 0.4) is 0 Å². The maximum Gasteiger partial charge on any atom is 0.0602 e. The number of alkyl halides is 1. The second kappa shape index (κ2) is 7.79. The Morgan fingerprint density at radius 3 is 3.00 bits per heavy atom. The molecule has 1 heterocycles. The number of rotatable bonds is 8. The van der Waals surface area contributed by atoms with Crippen LogP contribution in [-0.4, -0.2) is 42.0 Å². The molecule has 0 atom stereocenters. The van der Waals surface area contributed by atoms with E-state index in [0.29, 0.717) is 19.1 Å². The Morgan fingerprint density at radius 1 is 1.36 bits per heavy atom. The van der Waals surface area contributed by atoms with Crippen LogP contribution in [0, 0.1) is 0 Å². The zero-order valence-corrected chi connectivity index (χ0v) is 8.91. The van der Waals surface area contributed by atoms with Crippen LogP contribution < -0.4 is 5.32 Å². The monoisotopic (exact) mass is 217 g/mol. The van der Waals surface area contributed by atoms with Gasteiger partial charge in [0, 0.05) is 31.4 Å². The van der Waals surface area contributed by atoms with E-state index >= 15 is 0 Å². The molecule has 14 heavy (non-hydrogen) atoms. The van der Waals surface area contributed by atoms with Crippen LogP contribution in [0.1, 0.15) is 0 Å². The van der Waals surface area contributed by atoms with Gasteiger partial charge in [0.2, 0.25) is 0 Å². The van der Waals surface area contributed by atoms with Crippen molar-refractivity contribution in [2.24, 2.45) is 0 Å². The normalized spacial score (nSPS) is 10.6. The maximum absolute atomic E-state index is 5.45. The Hall–Kier alpha value is -0.580. The Bertz CT molecular complexity index is 216. The summed E-state index contributed by atoms with van der Waals surface area (Å²) in [5, 5.41) is 7.35. The van der Waals surface area contributed by atoms with E-state index in [9.17, 15) is 0 Å². The van der Waals surface area contributed by atoms with Crippen molar-refractivity contribution in [2.45, 2.75) is 6.54 Å². The van der Waals surface area contributed by atoms with Gasteiger partial charge in [-0.3, -0.25) is 4.68 Å². The third kappa shape index (κ3) is 5.21. The van der Waals surface area contributed by atoms with E-state index in [0.717, 1.165) is 19.6 Å². The Kier molecular flexibility index (Phi) is 6.40. The van der Waals surface area contributed by atoms with E-state index in [1.807, 2.05) is 16.9 Å². The lowest BCUT2D eigenvalue weighted by Crippen LogP contribution is -2.24. The topological polar surface area (TPSA) is 39.1 Å². The number of nitrogens with zero attached hydrogens (tertiary/aromatic N) is 2. The lowest BCUT2D eigenvalue weighted by atomic mass is 10.6. The fourth-order valence-electron chi connectivity index (χ4n) is 1.05. The van der Waals surface area contributed by atoms with Crippen LogP contribution in [0.2, 0.25) is 0 Å². The first-order valence-electron chi connectivity index (χ1n) is 4.75. The largest absolute Gasteiger partial charge is 0.379 e. The quantitative estimate of drug-likeness (QED) is 0.516. The third-order valence-electron chi connectivity index (χ3n) is 1.72. The summed E-state index contributed by atoms with van der Waals surface area (Å²) >= 11 is 5.45. The average Bonchev–Trinajstić information content (AvgIpc) is 2.69. The second-order valence-electron chi connectivity index (χ2n) is 2.82. The Morgan fingerprint density at radius 2 is 2.29 bits per heavy atom. The van der Waals surface area contributed by atoms with E-state index in [-0.39, 0.29) is 0 Å². The van der Waals surface area contributed by atoms with Crippen molar-refractivity contribution < 1.29 is 4.74 Å². The molecule has 5 heteroatoms. The summed E-state index contributed by atoms with van der Waals surface area (Å²) in [6.07, 6.45) is 3.73. The molecule has 0 aliphatic heterocycles. The van der Waals surface area contributed by atoms with E-state index < -0.39 is 0 Å². The molecular formula is C9H16ClN3O. The predicted molar refractivity (Wildman–Crippen MR) is 56.6 cm³/mol. The zero-order valence-electron chi connectivity index (χ0n) is 8.16. The third-order valence-corrected chi connectivity index (χ3v) is 1.88. The van der Waals surface area contributed by atoms with Crippen LogP contribution in [0.4, 0.5) is 0 Å². The van der Waals surface area contributed by atoms with Crippen molar-refractivity contribution >= 4 is 11.6 Å². The van der Waals surface area contributed by atoms with Crippen LogP contribution in [0.15, 0.2) is 18.5 Å². The molecule has 0 aromatic carbocycles. The molecule has 0 spiro atoms. The minimum absolute atomic E-state index is 0.563. The van der Waals surface area contributed by atoms with E-state index in [2.05, 4.69) is 10.4 Å². The van der Waals surface area contributed by atoms with Gasteiger partial charge in [-0.05, 0) is 6.07 Å². The summed E-state index contributed by atoms with van der Waals surface area (Å²) in [5.41, 5.74) is 0. The minimum Gasteiger partial charge on any atom is -0.379 e. The fourth-order valence-corrected chi connectivity index (χ4v) is 1.16. The van der Waals surface area contributed by atoms with Gasteiger partial charge in [0.15, 0.2) is 0 Å². The predicted octanol–water partition coefficient (Wildman–Crippen LogP) is 0.728. The van der Waals surface area contributed by atoms with Gasteiger partial charge >= 0.3 is 0 Å². The first-order chi connectivity index (χ1) is 6.93. The smallest absolute Gasteiger partial charge is 0.0602 e. The van der Waals surface area contributed by atoms with E-state index in [1.165, 1.54) is 0 Å². The summed E-state index contributed by atoms with van der Waals surface area (Å²) in [7, 11) is 0. The van der Waals surface area contributed by atoms with Gasteiger partial charge in [0.05, 0.1) is 19.8 Å². The molecule has 0 fully saturated rings. The molecule has 0 saturated heterocycles. The molecule has 80 valence electrons. The SMILES string of the molecule is ClCCOCCNCCn1cccn1. The minimum atomic E-state index is 0.563. The molecule has 0 amide bonds. The van der Waals surface area contributed by atoms with Crippen LogP contribution in [-0.2, 0) is 11.3 Å². The van der Waals surface area contributed by atoms with Gasteiger partial charge in [0.25, 0.3) is 0 Å². The summed E-state index contributed by atoms with van der Waals surface area (Å²) in [5.74, 6) is 0.563. The van der Waals surface area contributed by atoms with Crippen LogP contribution >= 0.6 is 11.6 Å². The molecule has 1 aromatic rings. The molecule has 0 saturated carbocycles. The lowest BCUT2D eigenvalue weighted by molar-refractivity contribution is 0.151. The number of aromatic nitrogens is 2. The standard InChI is InChI=1S/C9H16ClN3O/c10-2-8-14-9-5-11-4-7-13-6-1-3-12-13/h1,3,6,11H,2,4-5,7-9H2. The van der Waals surface area contributed by atoms with Gasteiger partial charge in [0.1, 0.15) is 0 Å². The van der Waals surface area contributed by atoms with Crippen molar-refractivity contribution in [3.8, 4) is 0 Å². The number of nitrogens with one attached hydrogen (secondary N) is 1. The van der Waals surface area contributed by atoms with Crippen molar-refractivity contribution in [2.75, 3.05) is 32.2 Å². The summed E-state index contributed by atoms with van der Waals surface area (Å²) in [4.78, 5) is 0. The molecule has 4 nitrogen and oxygen atoms in total. The Balaban J connectivity index is 1.85. The number of hydrogen-bond acceptors (Lipinski definition) is 3. The van der Waals surface area contributed by atoms with Crippen molar-refractivity contribution in [3.05, 3.63) is 18.5 Å². The second-order valence-corrected chi connectivity index (χ2v) is 3.20. The van der Waals surface area contributed by atoms with Gasteiger partial charge in [-0.15, -0.1) is 11.6 Å². The van der Waals surface area contributed by atoms with E-state index in [1.54, 1.807) is 6.20 Å². The maximum atomic E-state index is 5.45. The van der Waals surface area contributed by atoms with Gasteiger partial charge in [-0.25, -0.2) is 0 Å². The molecule has 0 unspecified atom stereocenters. The highest BCUT2D eigenvalue weighted by molar-refractivity contribution is 6.17. The average molecular weight is 218 g/mol. The molecule has 0 radical (unpaired) electrons. The van der Waals surface area contributed by atoms with Gasteiger partial charge < -0.3 is 10.1 Å². The molecule has 1 rings (SSSR count). The van der Waals surface area contributed by atoms with Crippen molar-refractivity contribution in [3.63, 3.8) is 0 Å². The summed E-state index contributed by atoms with van der Waals surface area (Å²) in [6.45, 7) is 4.00. The lowest BCUT2D eigenvalue weighted by Gasteiger charge is -2.05. The first kappa shape index (κ1) is 11.5. The van der Waals surface area contributed by atoms with Gasteiger partial charge in [-0.1, -0.05) is 0 Å². The fraction of sp³-hybridized carbons (Fsp3) is 0.667. The molecule has 1 aromatic heterocycles. The first-order valence-corrected chi connectivity index (χ1v) is 5.29. The highest BCUT2D eigenvalue weighted by Crippen LogP contribution is 1.82. The highest BCUT2D eigenvalue weighted by Gasteiger charge is 1.90. The summed E-state index contributed by atoms with van der Waals surface area (Å²) < 4.78 is 7.10. The van der Waals surface area contributed by atoms with Crippen LogP contribution in [0.5, 0.6) is 0 Å². The molecule has 0 bridgehead atoms. The molecule has 0 aliphatic rings. The number of halogens is 1. The zero-order chi connectivity index (χ0) is 10.1. The summed E-state index contributed by atoms with van der Waals surface area (Å²) in [6, 6.07) is 1.92. The molecule has 0 aliphatic carbocycles. The number of ether oxygens (including phenoxy) is 1. The Labute approximate surface area is 89.2 Å². The van der Waals surface area contributed by atoms with Crippen molar-refractivity contribution in [1.29, 1.82) is 0 Å².